The molecule has 192 valence electrons. The van der Waals surface area contributed by atoms with Crippen LogP contribution in [-0.2, 0) is 0 Å². The zero-order valence-electron chi connectivity index (χ0n) is 21.9. The third-order valence-corrected chi connectivity index (χ3v) is 6.33. The van der Waals surface area contributed by atoms with Crippen molar-refractivity contribution in [1.29, 1.82) is 0 Å². The molecule has 3 rings (SSSR count). The molecule has 1 saturated heterocycles. The van der Waals surface area contributed by atoms with Crippen LogP contribution in [0, 0.1) is 0 Å². The van der Waals surface area contributed by atoms with E-state index in [4.69, 9.17) is 14.2 Å². The van der Waals surface area contributed by atoms with Gasteiger partial charge in [0.2, 0.25) is 0 Å². The lowest BCUT2D eigenvalue weighted by molar-refractivity contribution is 0.140. The van der Waals surface area contributed by atoms with Crippen molar-refractivity contribution in [2.45, 2.75) is 39.8 Å². The summed E-state index contributed by atoms with van der Waals surface area (Å²) in [6, 6.07) is 14.3. The molecule has 8 heteroatoms. The highest BCUT2D eigenvalue weighted by atomic mass is 16.5. The van der Waals surface area contributed by atoms with Gasteiger partial charge in [-0.05, 0) is 52.0 Å². The van der Waals surface area contributed by atoms with Gasteiger partial charge in [-0.25, -0.2) is 4.79 Å². The Bertz CT molecular complexity index is 950. The maximum absolute atomic E-state index is 12.9. The van der Waals surface area contributed by atoms with Crippen LogP contribution in [0.5, 0.6) is 17.2 Å². The number of anilines is 2. The van der Waals surface area contributed by atoms with Crippen LogP contribution in [0.4, 0.5) is 16.2 Å². The molecule has 0 radical (unpaired) electrons. The highest BCUT2D eigenvalue weighted by Gasteiger charge is 2.22. The molecule has 0 saturated carbocycles. The fourth-order valence-corrected chi connectivity index (χ4v) is 4.42. The van der Waals surface area contributed by atoms with Crippen molar-refractivity contribution in [1.82, 2.24) is 9.80 Å². The lowest BCUT2D eigenvalue weighted by Gasteiger charge is -2.36. The largest absolute Gasteiger partial charge is 0.497 e. The second-order valence-electron chi connectivity index (χ2n) is 9.25. The van der Waals surface area contributed by atoms with Crippen LogP contribution in [0.25, 0.3) is 0 Å². The van der Waals surface area contributed by atoms with Crippen LogP contribution in [0.3, 0.4) is 0 Å². The highest BCUT2D eigenvalue weighted by molar-refractivity contribution is 5.90. The SMILES string of the molecule is COc1cccc(N2CCN(C(=O)Nc3ccc(OC)c(OCCN(C(C)C)C(C)C)c3)CC2)c1. The van der Waals surface area contributed by atoms with E-state index in [9.17, 15) is 4.79 Å². The Morgan fingerprint density at radius 2 is 1.66 bits per heavy atom. The molecule has 0 unspecified atom stereocenters. The number of urea groups is 1. The molecule has 2 aromatic rings. The van der Waals surface area contributed by atoms with E-state index < -0.39 is 0 Å². The summed E-state index contributed by atoms with van der Waals surface area (Å²) in [4.78, 5) is 19.4. The minimum absolute atomic E-state index is 0.114. The van der Waals surface area contributed by atoms with Crippen molar-refractivity contribution in [2.75, 3.05) is 63.8 Å². The normalized spacial score (nSPS) is 14.0. The fraction of sp³-hybridized carbons (Fsp3) is 0.519. The lowest BCUT2D eigenvalue weighted by atomic mass is 10.2. The zero-order chi connectivity index (χ0) is 25.4. The number of benzene rings is 2. The molecule has 0 atom stereocenters. The standard InChI is InChI=1S/C27H40N4O4/c1-20(2)31(21(3)4)16-17-35-26-18-22(10-11-25(26)34-6)28-27(32)30-14-12-29(13-15-30)23-8-7-9-24(19-23)33-5/h7-11,18-21H,12-17H2,1-6H3,(H,28,32). The number of piperazine rings is 1. The van der Waals surface area contributed by atoms with Gasteiger partial charge < -0.3 is 29.3 Å². The van der Waals surface area contributed by atoms with Gasteiger partial charge in [0.1, 0.15) is 12.4 Å². The van der Waals surface area contributed by atoms with Crippen molar-refractivity contribution in [3.8, 4) is 17.2 Å². The highest BCUT2D eigenvalue weighted by Crippen LogP contribution is 2.30. The first-order chi connectivity index (χ1) is 16.8. The molecule has 0 spiro atoms. The van der Waals surface area contributed by atoms with E-state index in [0.717, 1.165) is 31.1 Å². The average Bonchev–Trinajstić information content (AvgIpc) is 2.86. The van der Waals surface area contributed by atoms with E-state index >= 15 is 0 Å². The van der Waals surface area contributed by atoms with Crippen LogP contribution in [0.2, 0.25) is 0 Å². The summed E-state index contributed by atoms with van der Waals surface area (Å²) in [6.45, 7) is 12.9. The van der Waals surface area contributed by atoms with E-state index in [-0.39, 0.29) is 6.03 Å². The van der Waals surface area contributed by atoms with Crippen LogP contribution < -0.4 is 24.4 Å². The molecular formula is C27H40N4O4. The number of carbonyl (C=O) groups excluding carboxylic acids is 1. The molecule has 0 aromatic heterocycles. The number of rotatable bonds is 10. The molecule has 2 amide bonds. The summed E-state index contributed by atoms with van der Waals surface area (Å²) in [7, 11) is 3.29. The predicted octanol–water partition coefficient (Wildman–Crippen LogP) is 4.56. The van der Waals surface area contributed by atoms with E-state index in [1.165, 1.54) is 0 Å². The van der Waals surface area contributed by atoms with Gasteiger partial charge in [-0.3, -0.25) is 4.90 Å². The van der Waals surface area contributed by atoms with Gasteiger partial charge in [0.15, 0.2) is 11.5 Å². The monoisotopic (exact) mass is 484 g/mol. The van der Waals surface area contributed by atoms with Gasteiger partial charge in [0, 0.05) is 68.3 Å². The maximum Gasteiger partial charge on any atom is 0.321 e. The number of methoxy groups -OCH3 is 2. The Hall–Kier alpha value is -3.13. The number of carbonyl (C=O) groups is 1. The van der Waals surface area contributed by atoms with Crippen molar-refractivity contribution in [3.05, 3.63) is 42.5 Å². The van der Waals surface area contributed by atoms with Gasteiger partial charge in [-0.15, -0.1) is 0 Å². The molecule has 0 aliphatic carbocycles. The molecule has 1 aliphatic heterocycles. The predicted molar refractivity (Wildman–Crippen MR) is 141 cm³/mol. The van der Waals surface area contributed by atoms with Crippen LogP contribution in [0.1, 0.15) is 27.7 Å². The van der Waals surface area contributed by atoms with Crippen LogP contribution in [0.15, 0.2) is 42.5 Å². The molecule has 1 heterocycles. The first-order valence-corrected chi connectivity index (χ1v) is 12.3. The second-order valence-corrected chi connectivity index (χ2v) is 9.25. The zero-order valence-corrected chi connectivity index (χ0v) is 21.9. The molecule has 1 fully saturated rings. The number of nitrogens with zero attached hydrogens (tertiary/aromatic N) is 3. The van der Waals surface area contributed by atoms with Crippen molar-refractivity contribution < 1.29 is 19.0 Å². The number of hydrogen-bond acceptors (Lipinski definition) is 6. The first kappa shape index (κ1) is 26.5. The molecule has 8 nitrogen and oxygen atoms in total. The Morgan fingerprint density at radius 1 is 0.943 bits per heavy atom. The smallest absolute Gasteiger partial charge is 0.321 e. The summed E-state index contributed by atoms with van der Waals surface area (Å²) in [5.41, 5.74) is 1.79. The summed E-state index contributed by atoms with van der Waals surface area (Å²) in [6.07, 6.45) is 0. The van der Waals surface area contributed by atoms with Crippen molar-refractivity contribution in [3.63, 3.8) is 0 Å². The number of amides is 2. The van der Waals surface area contributed by atoms with Gasteiger partial charge >= 0.3 is 6.03 Å². The van der Waals surface area contributed by atoms with Gasteiger partial charge in [-0.2, -0.15) is 0 Å². The minimum Gasteiger partial charge on any atom is -0.497 e. The van der Waals surface area contributed by atoms with Gasteiger partial charge in [0.25, 0.3) is 0 Å². The Kier molecular flexibility index (Phi) is 9.48. The van der Waals surface area contributed by atoms with Crippen LogP contribution in [-0.4, -0.2) is 81.5 Å². The topological polar surface area (TPSA) is 66.5 Å². The van der Waals surface area contributed by atoms with E-state index in [1.807, 2.05) is 41.3 Å². The molecular weight excluding hydrogens is 444 g/mol. The van der Waals surface area contributed by atoms with Gasteiger partial charge in [-0.1, -0.05) is 6.07 Å². The summed E-state index contributed by atoms with van der Waals surface area (Å²) in [5, 5.41) is 3.01. The second kappa shape index (κ2) is 12.5. The molecule has 1 N–H and O–H groups in total. The average molecular weight is 485 g/mol. The summed E-state index contributed by atoms with van der Waals surface area (Å²) in [5.74, 6) is 2.11. The third kappa shape index (κ3) is 7.18. The molecule has 1 aliphatic rings. The summed E-state index contributed by atoms with van der Waals surface area (Å²) < 4.78 is 16.9. The van der Waals surface area contributed by atoms with E-state index in [2.05, 4.69) is 48.9 Å². The molecule has 35 heavy (non-hydrogen) atoms. The number of hydrogen-bond donors (Lipinski definition) is 1. The minimum atomic E-state index is -0.114. The number of ether oxygens (including phenoxy) is 3. The van der Waals surface area contributed by atoms with E-state index in [0.29, 0.717) is 49.0 Å². The van der Waals surface area contributed by atoms with Crippen LogP contribution >= 0.6 is 0 Å². The van der Waals surface area contributed by atoms with Crippen molar-refractivity contribution in [2.24, 2.45) is 0 Å². The van der Waals surface area contributed by atoms with E-state index in [1.54, 1.807) is 14.2 Å². The maximum atomic E-state index is 12.9. The van der Waals surface area contributed by atoms with Crippen molar-refractivity contribution >= 4 is 17.4 Å². The third-order valence-electron chi connectivity index (χ3n) is 6.33. The van der Waals surface area contributed by atoms with Gasteiger partial charge in [0.05, 0.1) is 14.2 Å². The quantitative estimate of drug-likeness (QED) is 0.534. The lowest BCUT2D eigenvalue weighted by Crippen LogP contribution is -2.50. The Balaban J connectivity index is 1.56. The Morgan fingerprint density at radius 3 is 2.29 bits per heavy atom. The summed E-state index contributed by atoms with van der Waals surface area (Å²) >= 11 is 0. The molecule has 2 aromatic carbocycles. The molecule has 0 bridgehead atoms. The number of nitrogens with one attached hydrogen (secondary N) is 1. The Labute approximate surface area is 209 Å². The first-order valence-electron chi connectivity index (χ1n) is 12.3. The fourth-order valence-electron chi connectivity index (χ4n) is 4.42.